The minimum Gasteiger partial charge on any atom is -0.507 e. The Morgan fingerprint density at radius 1 is 1.06 bits per heavy atom. The molecular formula is C25H22N2O6. The van der Waals surface area contributed by atoms with Crippen LogP contribution >= 0.6 is 0 Å². The standard InChI is InChI=1S/C25H22N2O6/c1-26(2)17-8-5-15(6-9-17)22-21(23(28)16-7-10-19-20(12-16)33-14-32-19)24(29)25(30)27(22)13-18-4-3-11-31-18/h3-12,22,28H,13-14H2,1-2H3/b23-21-. The van der Waals surface area contributed by atoms with Crippen molar-refractivity contribution in [3.05, 3.63) is 83.3 Å². The zero-order valence-corrected chi connectivity index (χ0v) is 18.1. The van der Waals surface area contributed by atoms with Crippen molar-refractivity contribution in [1.82, 2.24) is 4.90 Å². The highest BCUT2D eigenvalue weighted by Crippen LogP contribution is 2.42. The summed E-state index contributed by atoms with van der Waals surface area (Å²) in [6.07, 6.45) is 1.51. The highest BCUT2D eigenvalue weighted by Gasteiger charge is 2.46. The van der Waals surface area contributed by atoms with Crippen LogP contribution in [0.15, 0.2) is 70.9 Å². The molecule has 2 aromatic carbocycles. The van der Waals surface area contributed by atoms with Crippen LogP contribution in [0.1, 0.15) is 22.9 Å². The molecule has 1 amide bonds. The number of benzene rings is 2. The monoisotopic (exact) mass is 446 g/mol. The molecule has 1 aromatic heterocycles. The van der Waals surface area contributed by atoms with Gasteiger partial charge in [0.05, 0.1) is 24.4 Å². The highest BCUT2D eigenvalue weighted by molar-refractivity contribution is 6.46. The molecule has 3 heterocycles. The van der Waals surface area contributed by atoms with Crippen molar-refractivity contribution in [3.63, 3.8) is 0 Å². The second kappa shape index (κ2) is 8.05. The lowest BCUT2D eigenvalue weighted by atomic mass is 9.95. The van der Waals surface area contributed by atoms with E-state index in [4.69, 9.17) is 13.9 Å². The molecule has 0 saturated carbocycles. The maximum Gasteiger partial charge on any atom is 0.296 e. The summed E-state index contributed by atoms with van der Waals surface area (Å²) in [4.78, 5) is 29.6. The smallest absolute Gasteiger partial charge is 0.296 e. The van der Waals surface area contributed by atoms with Crippen LogP contribution in [-0.4, -0.2) is 42.6 Å². The molecule has 33 heavy (non-hydrogen) atoms. The van der Waals surface area contributed by atoms with Crippen LogP contribution in [0.2, 0.25) is 0 Å². The lowest BCUT2D eigenvalue weighted by Gasteiger charge is -2.25. The Morgan fingerprint density at radius 2 is 1.82 bits per heavy atom. The molecule has 1 fully saturated rings. The zero-order chi connectivity index (χ0) is 23.1. The average Bonchev–Trinajstić information content (AvgIpc) is 3.55. The van der Waals surface area contributed by atoms with Crippen molar-refractivity contribution < 1.29 is 28.6 Å². The first-order chi connectivity index (χ1) is 15.9. The van der Waals surface area contributed by atoms with Gasteiger partial charge in [0.15, 0.2) is 11.5 Å². The number of carbonyl (C=O) groups is 2. The molecule has 5 rings (SSSR count). The maximum atomic E-state index is 13.1. The number of hydrogen-bond acceptors (Lipinski definition) is 7. The van der Waals surface area contributed by atoms with Gasteiger partial charge in [-0.05, 0) is 48.0 Å². The van der Waals surface area contributed by atoms with Gasteiger partial charge in [0.25, 0.3) is 11.7 Å². The lowest BCUT2D eigenvalue weighted by molar-refractivity contribution is -0.140. The number of aliphatic hydroxyl groups excluding tert-OH is 1. The molecule has 3 aromatic rings. The van der Waals surface area contributed by atoms with E-state index in [1.807, 2.05) is 43.3 Å². The van der Waals surface area contributed by atoms with Gasteiger partial charge >= 0.3 is 0 Å². The number of nitrogens with zero attached hydrogens (tertiary/aromatic N) is 2. The third kappa shape index (κ3) is 3.59. The van der Waals surface area contributed by atoms with Crippen molar-refractivity contribution >= 4 is 23.1 Å². The molecular weight excluding hydrogens is 424 g/mol. The number of amides is 1. The van der Waals surface area contributed by atoms with Gasteiger partial charge in [-0.1, -0.05) is 12.1 Å². The fraction of sp³-hybridized carbons (Fsp3) is 0.200. The zero-order valence-electron chi connectivity index (χ0n) is 18.1. The summed E-state index contributed by atoms with van der Waals surface area (Å²) < 4.78 is 16.2. The predicted molar refractivity (Wildman–Crippen MR) is 120 cm³/mol. The van der Waals surface area contributed by atoms with E-state index in [1.165, 1.54) is 11.2 Å². The number of fused-ring (bicyclic) bond motifs is 1. The van der Waals surface area contributed by atoms with Crippen molar-refractivity contribution in [1.29, 1.82) is 0 Å². The summed E-state index contributed by atoms with van der Waals surface area (Å²) in [6.45, 7) is 0.181. The van der Waals surface area contributed by atoms with Crippen LogP contribution in [0, 0.1) is 0 Å². The molecule has 1 N–H and O–H groups in total. The Balaban J connectivity index is 1.63. The number of carbonyl (C=O) groups excluding carboxylic acids is 2. The van der Waals surface area contributed by atoms with Gasteiger partial charge in [0.1, 0.15) is 11.5 Å². The molecule has 0 spiro atoms. The third-order valence-corrected chi connectivity index (χ3v) is 5.82. The number of hydrogen-bond donors (Lipinski definition) is 1. The van der Waals surface area contributed by atoms with Crippen LogP contribution < -0.4 is 14.4 Å². The fourth-order valence-electron chi connectivity index (χ4n) is 4.11. The molecule has 1 saturated heterocycles. The topological polar surface area (TPSA) is 92.5 Å². The van der Waals surface area contributed by atoms with Gasteiger partial charge < -0.3 is 28.8 Å². The first-order valence-electron chi connectivity index (χ1n) is 10.4. The van der Waals surface area contributed by atoms with E-state index in [0.29, 0.717) is 28.4 Å². The lowest BCUT2D eigenvalue weighted by Crippen LogP contribution is -2.29. The molecule has 8 heteroatoms. The number of ketones is 1. The SMILES string of the molecule is CN(C)c1ccc(C2/C(=C(/O)c3ccc4c(c3)OCO4)C(=O)C(=O)N2Cc2ccco2)cc1. The molecule has 1 atom stereocenters. The van der Waals surface area contributed by atoms with E-state index < -0.39 is 17.7 Å². The summed E-state index contributed by atoms with van der Waals surface area (Å²) in [5.41, 5.74) is 2.05. The molecule has 168 valence electrons. The quantitative estimate of drug-likeness (QED) is 0.363. The van der Waals surface area contributed by atoms with E-state index in [0.717, 1.165) is 5.69 Å². The number of Topliss-reactive ketones (excluding diaryl/α,β-unsaturated/α-hetero) is 1. The summed E-state index contributed by atoms with van der Waals surface area (Å²) >= 11 is 0. The molecule has 0 bridgehead atoms. The largest absolute Gasteiger partial charge is 0.507 e. The maximum absolute atomic E-state index is 13.1. The van der Waals surface area contributed by atoms with Crippen LogP contribution in [0.25, 0.3) is 5.76 Å². The minimum absolute atomic E-state index is 0.0167. The Bertz CT molecular complexity index is 1240. The van der Waals surface area contributed by atoms with Crippen molar-refractivity contribution in [2.75, 3.05) is 25.8 Å². The Hall–Kier alpha value is -4.20. The van der Waals surface area contributed by atoms with E-state index in [9.17, 15) is 14.7 Å². The van der Waals surface area contributed by atoms with E-state index in [1.54, 1.807) is 30.3 Å². The Kier molecular flexibility index (Phi) is 5.05. The van der Waals surface area contributed by atoms with Crippen LogP contribution in [-0.2, 0) is 16.1 Å². The van der Waals surface area contributed by atoms with Crippen molar-refractivity contribution in [2.45, 2.75) is 12.6 Å². The van der Waals surface area contributed by atoms with Crippen LogP contribution in [0.4, 0.5) is 5.69 Å². The third-order valence-electron chi connectivity index (χ3n) is 5.82. The highest BCUT2D eigenvalue weighted by atomic mass is 16.7. The van der Waals surface area contributed by atoms with Gasteiger partial charge in [0.2, 0.25) is 6.79 Å². The van der Waals surface area contributed by atoms with Crippen LogP contribution in [0.5, 0.6) is 11.5 Å². The van der Waals surface area contributed by atoms with Gasteiger partial charge in [0, 0.05) is 25.3 Å². The predicted octanol–water partition coefficient (Wildman–Crippen LogP) is 3.70. The van der Waals surface area contributed by atoms with Gasteiger partial charge in [-0.25, -0.2) is 0 Å². The summed E-state index contributed by atoms with van der Waals surface area (Å²) in [5, 5.41) is 11.2. The Labute approximate surface area is 190 Å². The van der Waals surface area contributed by atoms with Gasteiger partial charge in [-0.15, -0.1) is 0 Å². The van der Waals surface area contributed by atoms with E-state index in [-0.39, 0.29) is 24.7 Å². The first kappa shape index (κ1) is 20.7. The van der Waals surface area contributed by atoms with Crippen LogP contribution in [0.3, 0.4) is 0 Å². The number of aliphatic hydroxyl groups is 1. The van der Waals surface area contributed by atoms with E-state index >= 15 is 0 Å². The molecule has 0 aliphatic carbocycles. The minimum atomic E-state index is -0.781. The van der Waals surface area contributed by atoms with Gasteiger partial charge in [-0.2, -0.15) is 0 Å². The molecule has 8 nitrogen and oxygen atoms in total. The fourth-order valence-corrected chi connectivity index (χ4v) is 4.11. The number of ether oxygens (including phenoxy) is 2. The Morgan fingerprint density at radius 3 is 2.52 bits per heavy atom. The normalized spacial score (nSPS) is 18.7. The van der Waals surface area contributed by atoms with Crippen molar-refractivity contribution in [2.24, 2.45) is 0 Å². The molecule has 2 aliphatic rings. The number of anilines is 1. The molecule has 0 radical (unpaired) electrons. The second-order valence-electron chi connectivity index (χ2n) is 8.06. The summed E-state index contributed by atoms with van der Waals surface area (Å²) in [7, 11) is 3.86. The first-order valence-corrected chi connectivity index (χ1v) is 10.4. The van der Waals surface area contributed by atoms with E-state index in [2.05, 4.69) is 0 Å². The number of likely N-dealkylation sites (tertiary alicyclic amines) is 1. The summed E-state index contributed by atoms with van der Waals surface area (Å²) in [5.74, 6) is -0.157. The molecule has 2 aliphatic heterocycles. The van der Waals surface area contributed by atoms with Gasteiger partial charge in [-0.3, -0.25) is 9.59 Å². The number of rotatable bonds is 5. The average molecular weight is 446 g/mol. The van der Waals surface area contributed by atoms with Crippen molar-refractivity contribution in [3.8, 4) is 11.5 Å². The summed E-state index contributed by atoms with van der Waals surface area (Å²) in [6, 6.07) is 15.1. The second-order valence-corrected chi connectivity index (χ2v) is 8.06. The number of furan rings is 1. The molecule has 1 unspecified atom stereocenters.